The zero-order chi connectivity index (χ0) is 22.2. The molecule has 1 amide bonds. The predicted molar refractivity (Wildman–Crippen MR) is 129 cm³/mol. The predicted octanol–water partition coefficient (Wildman–Crippen LogP) is 5.74. The van der Waals surface area contributed by atoms with Gasteiger partial charge < -0.3 is 15.0 Å². The molecule has 8 heteroatoms. The van der Waals surface area contributed by atoms with Crippen molar-refractivity contribution < 1.29 is 9.90 Å². The Kier molecular flexibility index (Phi) is 5.35. The molecule has 2 heterocycles. The number of fused-ring (bicyclic) bond motifs is 2. The summed E-state index contributed by atoms with van der Waals surface area (Å²) in [7, 11) is 0. The number of carbonyl (C=O) groups is 1. The summed E-state index contributed by atoms with van der Waals surface area (Å²) in [6, 6.07) is 18.6. The molecular formula is C24H18Cl2N4O2. The van der Waals surface area contributed by atoms with Crippen molar-refractivity contribution in [1.29, 1.82) is 0 Å². The minimum Gasteiger partial charge on any atom is -0.395 e. The molecule has 160 valence electrons. The van der Waals surface area contributed by atoms with Gasteiger partial charge in [0.05, 0.1) is 33.4 Å². The summed E-state index contributed by atoms with van der Waals surface area (Å²) >= 11 is 12.3. The minimum atomic E-state index is -0.378. The van der Waals surface area contributed by atoms with Gasteiger partial charge in [-0.2, -0.15) is 5.10 Å². The molecule has 0 atom stereocenters. The molecule has 0 bridgehead atoms. The van der Waals surface area contributed by atoms with Crippen LogP contribution in [0.25, 0.3) is 33.1 Å². The largest absolute Gasteiger partial charge is 0.395 e. The minimum absolute atomic E-state index is 0.0867. The second-order valence-electron chi connectivity index (χ2n) is 7.39. The summed E-state index contributed by atoms with van der Waals surface area (Å²) in [5, 5.41) is 22.2. The number of nitrogens with one attached hydrogen (secondary N) is 2. The molecule has 0 aliphatic carbocycles. The van der Waals surface area contributed by atoms with Gasteiger partial charge in [0.25, 0.3) is 5.91 Å². The second kappa shape index (κ2) is 8.31. The highest BCUT2D eigenvalue weighted by Gasteiger charge is 2.16. The maximum absolute atomic E-state index is 12.8. The van der Waals surface area contributed by atoms with Crippen molar-refractivity contribution in [1.82, 2.24) is 14.8 Å². The van der Waals surface area contributed by atoms with Crippen molar-refractivity contribution in [3.8, 4) is 11.3 Å². The highest BCUT2D eigenvalue weighted by atomic mass is 35.5. The van der Waals surface area contributed by atoms with Crippen LogP contribution in [0.4, 0.5) is 5.69 Å². The van der Waals surface area contributed by atoms with E-state index in [1.54, 1.807) is 24.3 Å². The lowest BCUT2D eigenvalue weighted by Crippen LogP contribution is -2.13. The van der Waals surface area contributed by atoms with E-state index in [9.17, 15) is 9.90 Å². The number of H-pyrrole nitrogens is 1. The number of aromatic amines is 1. The van der Waals surface area contributed by atoms with E-state index in [1.165, 1.54) is 0 Å². The molecule has 0 fully saturated rings. The van der Waals surface area contributed by atoms with Gasteiger partial charge in [-0.25, -0.2) is 0 Å². The number of aliphatic hydroxyl groups excluding tert-OH is 1. The van der Waals surface area contributed by atoms with Crippen molar-refractivity contribution in [3.05, 3.63) is 82.5 Å². The van der Waals surface area contributed by atoms with E-state index in [4.69, 9.17) is 23.2 Å². The Balaban J connectivity index is 1.50. The molecule has 5 rings (SSSR count). The van der Waals surface area contributed by atoms with Crippen molar-refractivity contribution in [2.24, 2.45) is 0 Å². The van der Waals surface area contributed by atoms with Crippen LogP contribution in [0.3, 0.4) is 0 Å². The Bertz CT molecular complexity index is 1450. The summed E-state index contributed by atoms with van der Waals surface area (Å²) in [6.07, 6.45) is 1.96. The van der Waals surface area contributed by atoms with E-state index >= 15 is 0 Å². The molecule has 0 spiro atoms. The standard InChI is InChI=1S/C24H18Cl2N4O2/c25-18-2-1-3-19(26)22(18)24(32)27-16-5-6-20-17(13-16)23(29-28-20)15-4-7-21-14(12-15)8-9-30(21)10-11-31/h1-9,12-13,31H,10-11H2,(H,27,32)(H,28,29). The molecule has 3 N–H and O–H groups in total. The number of aromatic nitrogens is 3. The molecule has 6 nitrogen and oxygen atoms in total. The third-order valence-electron chi connectivity index (χ3n) is 5.40. The van der Waals surface area contributed by atoms with Gasteiger partial charge in [0.15, 0.2) is 0 Å². The van der Waals surface area contributed by atoms with Crippen molar-refractivity contribution >= 4 is 56.6 Å². The lowest BCUT2D eigenvalue weighted by Gasteiger charge is -2.09. The summed E-state index contributed by atoms with van der Waals surface area (Å²) in [6.45, 7) is 0.635. The van der Waals surface area contributed by atoms with Gasteiger partial charge >= 0.3 is 0 Å². The van der Waals surface area contributed by atoms with E-state index in [0.29, 0.717) is 22.3 Å². The number of amides is 1. The highest BCUT2D eigenvalue weighted by Crippen LogP contribution is 2.32. The van der Waals surface area contributed by atoms with E-state index in [-0.39, 0.29) is 18.1 Å². The van der Waals surface area contributed by atoms with Crippen LogP contribution in [-0.2, 0) is 6.54 Å². The zero-order valence-corrected chi connectivity index (χ0v) is 18.3. The van der Waals surface area contributed by atoms with E-state index in [1.807, 2.05) is 41.1 Å². The van der Waals surface area contributed by atoms with Crippen molar-refractivity contribution in [2.75, 3.05) is 11.9 Å². The van der Waals surface area contributed by atoms with E-state index in [2.05, 4.69) is 21.6 Å². The van der Waals surface area contributed by atoms with Crippen LogP contribution in [-0.4, -0.2) is 32.4 Å². The maximum Gasteiger partial charge on any atom is 0.258 e. The average molecular weight is 465 g/mol. The van der Waals surface area contributed by atoms with Crippen LogP contribution >= 0.6 is 23.2 Å². The molecular weight excluding hydrogens is 447 g/mol. The van der Waals surface area contributed by atoms with Crippen LogP contribution in [0, 0.1) is 0 Å². The van der Waals surface area contributed by atoms with Gasteiger partial charge in [-0.05, 0) is 48.5 Å². The van der Waals surface area contributed by atoms with Crippen LogP contribution in [0.5, 0.6) is 0 Å². The molecule has 32 heavy (non-hydrogen) atoms. The summed E-state index contributed by atoms with van der Waals surface area (Å²) in [5.41, 5.74) is 4.48. The third-order valence-corrected chi connectivity index (χ3v) is 6.03. The first-order valence-electron chi connectivity index (χ1n) is 9.99. The fourth-order valence-electron chi connectivity index (χ4n) is 3.87. The molecule has 3 aromatic carbocycles. The summed E-state index contributed by atoms with van der Waals surface area (Å²) in [5.74, 6) is -0.378. The number of rotatable bonds is 5. The van der Waals surface area contributed by atoms with E-state index in [0.717, 1.165) is 33.1 Å². The fraction of sp³-hybridized carbons (Fsp3) is 0.0833. The van der Waals surface area contributed by atoms with Gasteiger partial charge in [-0.15, -0.1) is 0 Å². The fourth-order valence-corrected chi connectivity index (χ4v) is 4.44. The van der Waals surface area contributed by atoms with Crippen LogP contribution in [0.15, 0.2) is 66.9 Å². The first kappa shape index (κ1) is 20.6. The number of hydrogen-bond donors (Lipinski definition) is 3. The average Bonchev–Trinajstić information content (AvgIpc) is 3.37. The van der Waals surface area contributed by atoms with Crippen LogP contribution in [0.2, 0.25) is 10.0 Å². The highest BCUT2D eigenvalue weighted by molar-refractivity contribution is 6.40. The number of anilines is 1. The number of benzene rings is 3. The number of nitrogens with zero attached hydrogens (tertiary/aromatic N) is 2. The molecule has 0 radical (unpaired) electrons. The van der Waals surface area contributed by atoms with Crippen molar-refractivity contribution in [3.63, 3.8) is 0 Å². The molecule has 2 aromatic heterocycles. The Hall–Kier alpha value is -3.32. The third kappa shape index (κ3) is 3.62. The summed E-state index contributed by atoms with van der Waals surface area (Å²) < 4.78 is 2.01. The smallest absolute Gasteiger partial charge is 0.258 e. The molecule has 0 unspecified atom stereocenters. The Labute approximate surface area is 193 Å². The van der Waals surface area contributed by atoms with Gasteiger partial charge in [0.2, 0.25) is 0 Å². The molecule has 0 aliphatic rings. The van der Waals surface area contributed by atoms with Crippen LogP contribution in [0.1, 0.15) is 10.4 Å². The maximum atomic E-state index is 12.8. The lowest BCUT2D eigenvalue weighted by atomic mass is 10.1. The molecule has 0 saturated carbocycles. The molecule has 0 aliphatic heterocycles. The number of carbonyl (C=O) groups excluding carboxylic acids is 1. The Morgan fingerprint density at radius 3 is 2.66 bits per heavy atom. The first-order valence-corrected chi connectivity index (χ1v) is 10.7. The van der Waals surface area contributed by atoms with Gasteiger partial charge in [0.1, 0.15) is 0 Å². The van der Waals surface area contributed by atoms with Crippen LogP contribution < -0.4 is 5.32 Å². The number of hydrogen-bond acceptors (Lipinski definition) is 3. The second-order valence-corrected chi connectivity index (χ2v) is 8.20. The SMILES string of the molecule is O=C(Nc1ccc2[nH]nc(-c3ccc4c(ccn4CCO)c3)c2c1)c1c(Cl)cccc1Cl. The number of halogens is 2. The number of aliphatic hydroxyl groups is 1. The summed E-state index contributed by atoms with van der Waals surface area (Å²) in [4.78, 5) is 12.8. The first-order chi connectivity index (χ1) is 15.5. The Morgan fingerprint density at radius 1 is 1.06 bits per heavy atom. The lowest BCUT2D eigenvalue weighted by molar-refractivity contribution is 0.102. The molecule has 0 saturated heterocycles. The topological polar surface area (TPSA) is 82.9 Å². The van der Waals surface area contributed by atoms with Gasteiger partial charge in [0, 0.05) is 40.3 Å². The normalized spacial score (nSPS) is 11.3. The van der Waals surface area contributed by atoms with Gasteiger partial charge in [-0.1, -0.05) is 35.3 Å². The zero-order valence-electron chi connectivity index (χ0n) is 16.8. The quantitative estimate of drug-likeness (QED) is 0.310. The van der Waals surface area contributed by atoms with E-state index < -0.39 is 0 Å². The van der Waals surface area contributed by atoms with Crippen molar-refractivity contribution in [2.45, 2.75) is 6.54 Å². The monoisotopic (exact) mass is 464 g/mol. The van der Waals surface area contributed by atoms with Gasteiger partial charge in [-0.3, -0.25) is 9.89 Å². The molecule has 5 aromatic rings. The Morgan fingerprint density at radius 2 is 1.88 bits per heavy atom.